The average molecular weight is 197 g/mol. The van der Waals surface area contributed by atoms with E-state index in [1.165, 1.54) is 0 Å². The zero-order chi connectivity index (χ0) is 11.0. The molecule has 6 nitrogen and oxygen atoms in total. The Balaban J connectivity index is 3.78. The molecule has 14 heavy (non-hydrogen) atoms. The second kappa shape index (κ2) is 6.94. The Morgan fingerprint density at radius 1 is 1.79 bits per heavy atom. The van der Waals surface area contributed by atoms with Gasteiger partial charge in [0.1, 0.15) is 6.04 Å². The molecule has 1 unspecified atom stereocenters. The van der Waals surface area contributed by atoms with Crippen LogP contribution in [0.2, 0.25) is 0 Å². The molecular weight excluding hydrogens is 182 g/mol. The quantitative estimate of drug-likeness (QED) is 0.206. The SMILES string of the molecule is C=C(C)C(NCCCN=[N+]=[N-])C(N)=O. The van der Waals surface area contributed by atoms with Crippen molar-refractivity contribution in [2.24, 2.45) is 10.8 Å². The predicted molar refractivity (Wildman–Crippen MR) is 54.4 cm³/mol. The number of carbonyl (C=O) groups is 1. The molecule has 6 heteroatoms. The second-order valence-corrected chi connectivity index (χ2v) is 2.94. The van der Waals surface area contributed by atoms with Gasteiger partial charge in [0.25, 0.3) is 0 Å². The van der Waals surface area contributed by atoms with Gasteiger partial charge in [0.05, 0.1) is 0 Å². The van der Waals surface area contributed by atoms with Crippen LogP contribution in [-0.2, 0) is 4.79 Å². The molecule has 0 rings (SSSR count). The Morgan fingerprint density at radius 2 is 2.43 bits per heavy atom. The molecular formula is C8H15N5O. The maximum absolute atomic E-state index is 10.9. The number of nitrogens with two attached hydrogens (primary N) is 1. The van der Waals surface area contributed by atoms with Crippen molar-refractivity contribution in [3.63, 3.8) is 0 Å². The van der Waals surface area contributed by atoms with Gasteiger partial charge in [-0.15, -0.1) is 0 Å². The lowest BCUT2D eigenvalue weighted by Gasteiger charge is -2.14. The summed E-state index contributed by atoms with van der Waals surface area (Å²) in [4.78, 5) is 13.5. The lowest BCUT2D eigenvalue weighted by atomic mass is 10.1. The van der Waals surface area contributed by atoms with Gasteiger partial charge in [-0.25, -0.2) is 0 Å². The maximum atomic E-state index is 10.9. The first-order chi connectivity index (χ1) is 6.59. The molecule has 0 aromatic rings. The van der Waals surface area contributed by atoms with Gasteiger partial charge in [0, 0.05) is 11.5 Å². The number of carbonyl (C=O) groups excluding carboxylic acids is 1. The predicted octanol–water partition coefficient (Wildman–Crippen LogP) is 0.706. The third kappa shape index (κ3) is 5.18. The monoisotopic (exact) mass is 197 g/mol. The number of azide groups is 1. The van der Waals surface area contributed by atoms with Gasteiger partial charge < -0.3 is 11.1 Å². The third-order valence-corrected chi connectivity index (χ3v) is 1.62. The summed E-state index contributed by atoms with van der Waals surface area (Å²) in [6, 6.07) is -0.499. The molecule has 0 bridgehead atoms. The molecule has 1 atom stereocenters. The second-order valence-electron chi connectivity index (χ2n) is 2.94. The van der Waals surface area contributed by atoms with Crippen LogP contribution in [0.4, 0.5) is 0 Å². The van der Waals surface area contributed by atoms with Crippen molar-refractivity contribution in [2.45, 2.75) is 19.4 Å². The molecule has 0 aliphatic carbocycles. The summed E-state index contributed by atoms with van der Waals surface area (Å²) in [5, 5.41) is 6.28. The minimum absolute atomic E-state index is 0.408. The molecule has 0 saturated carbocycles. The number of primary amides is 1. The first-order valence-corrected chi connectivity index (χ1v) is 4.28. The summed E-state index contributed by atoms with van der Waals surface area (Å²) in [5.74, 6) is -0.443. The Kier molecular flexibility index (Phi) is 6.19. The van der Waals surface area contributed by atoms with E-state index >= 15 is 0 Å². The number of amides is 1. The lowest BCUT2D eigenvalue weighted by molar-refractivity contribution is -0.119. The van der Waals surface area contributed by atoms with E-state index in [1.807, 2.05) is 0 Å². The highest BCUT2D eigenvalue weighted by Crippen LogP contribution is 1.96. The van der Waals surface area contributed by atoms with Crippen LogP contribution in [0, 0.1) is 0 Å². The van der Waals surface area contributed by atoms with E-state index in [0.717, 1.165) is 0 Å². The molecule has 0 fully saturated rings. The highest BCUT2D eigenvalue weighted by molar-refractivity contribution is 5.82. The van der Waals surface area contributed by atoms with Crippen LogP contribution in [0.5, 0.6) is 0 Å². The van der Waals surface area contributed by atoms with Gasteiger partial charge in [-0.1, -0.05) is 17.3 Å². The van der Waals surface area contributed by atoms with Crippen molar-refractivity contribution in [1.82, 2.24) is 5.32 Å². The van der Waals surface area contributed by atoms with Crippen LogP contribution in [0.3, 0.4) is 0 Å². The summed E-state index contributed by atoms with van der Waals surface area (Å²) < 4.78 is 0. The van der Waals surface area contributed by atoms with Crippen molar-refractivity contribution in [3.8, 4) is 0 Å². The van der Waals surface area contributed by atoms with Gasteiger partial charge in [-0.2, -0.15) is 0 Å². The van der Waals surface area contributed by atoms with Gasteiger partial charge in [0.15, 0.2) is 0 Å². The zero-order valence-corrected chi connectivity index (χ0v) is 8.23. The van der Waals surface area contributed by atoms with Gasteiger partial charge in [-0.05, 0) is 25.4 Å². The number of nitrogens with one attached hydrogen (secondary N) is 1. The van der Waals surface area contributed by atoms with Crippen molar-refractivity contribution in [2.75, 3.05) is 13.1 Å². The van der Waals surface area contributed by atoms with E-state index in [1.54, 1.807) is 6.92 Å². The molecule has 0 aromatic heterocycles. The molecule has 0 spiro atoms. The molecule has 0 heterocycles. The first-order valence-electron chi connectivity index (χ1n) is 4.28. The van der Waals surface area contributed by atoms with E-state index in [9.17, 15) is 4.79 Å². The van der Waals surface area contributed by atoms with Crippen molar-refractivity contribution in [3.05, 3.63) is 22.6 Å². The summed E-state index contributed by atoms with van der Waals surface area (Å²) in [5.41, 5.74) is 13.8. The van der Waals surface area contributed by atoms with Gasteiger partial charge in [-0.3, -0.25) is 4.79 Å². The van der Waals surface area contributed by atoms with Crippen LogP contribution in [-0.4, -0.2) is 25.0 Å². The zero-order valence-electron chi connectivity index (χ0n) is 8.23. The highest BCUT2D eigenvalue weighted by Gasteiger charge is 2.13. The minimum Gasteiger partial charge on any atom is -0.368 e. The molecule has 0 saturated heterocycles. The van der Waals surface area contributed by atoms with Crippen molar-refractivity contribution < 1.29 is 4.79 Å². The summed E-state index contributed by atoms with van der Waals surface area (Å²) in [6.07, 6.45) is 0.668. The lowest BCUT2D eigenvalue weighted by Crippen LogP contribution is -2.42. The van der Waals surface area contributed by atoms with Crippen LogP contribution in [0.1, 0.15) is 13.3 Å². The van der Waals surface area contributed by atoms with Crippen molar-refractivity contribution >= 4 is 5.91 Å². The number of hydrogen-bond donors (Lipinski definition) is 2. The highest BCUT2D eigenvalue weighted by atomic mass is 16.1. The van der Waals surface area contributed by atoms with E-state index in [0.29, 0.717) is 25.1 Å². The molecule has 0 aromatic carbocycles. The molecule has 0 aliphatic rings. The fraction of sp³-hybridized carbons (Fsp3) is 0.625. The number of rotatable bonds is 7. The molecule has 0 aliphatic heterocycles. The first kappa shape index (κ1) is 12.5. The van der Waals surface area contributed by atoms with Crippen LogP contribution in [0.25, 0.3) is 10.4 Å². The van der Waals surface area contributed by atoms with E-state index in [-0.39, 0.29) is 0 Å². The third-order valence-electron chi connectivity index (χ3n) is 1.62. The number of hydrogen-bond acceptors (Lipinski definition) is 3. The fourth-order valence-electron chi connectivity index (χ4n) is 0.959. The summed E-state index contributed by atoms with van der Waals surface area (Å²) in [6.45, 7) is 6.36. The maximum Gasteiger partial charge on any atom is 0.238 e. The molecule has 1 amide bonds. The van der Waals surface area contributed by atoms with E-state index in [2.05, 4.69) is 21.9 Å². The smallest absolute Gasteiger partial charge is 0.238 e. The minimum atomic E-state index is -0.499. The average Bonchev–Trinajstić information content (AvgIpc) is 2.09. The Labute approximate surface area is 82.8 Å². The number of nitrogens with zero attached hydrogens (tertiary/aromatic N) is 3. The topological polar surface area (TPSA) is 104 Å². The Morgan fingerprint density at radius 3 is 2.86 bits per heavy atom. The Hall–Kier alpha value is -1.52. The van der Waals surface area contributed by atoms with Crippen molar-refractivity contribution in [1.29, 1.82) is 0 Å². The fourth-order valence-corrected chi connectivity index (χ4v) is 0.959. The Bertz CT molecular complexity index is 242. The summed E-state index contributed by atoms with van der Waals surface area (Å²) >= 11 is 0. The van der Waals surface area contributed by atoms with Crippen LogP contribution < -0.4 is 11.1 Å². The normalized spacial score (nSPS) is 11.5. The largest absolute Gasteiger partial charge is 0.368 e. The molecule has 0 radical (unpaired) electrons. The van der Waals surface area contributed by atoms with Crippen LogP contribution >= 0.6 is 0 Å². The van der Waals surface area contributed by atoms with Crippen LogP contribution in [0.15, 0.2) is 17.3 Å². The summed E-state index contributed by atoms with van der Waals surface area (Å²) in [7, 11) is 0. The van der Waals surface area contributed by atoms with E-state index < -0.39 is 11.9 Å². The molecule has 3 N–H and O–H groups in total. The molecule has 78 valence electrons. The van der Waals surface area contributed by atoms with Gasteiger partial charge >= 0.3 is 0 Å². The van der Waals surface area contributed by atoms with E-state index in [4.69, 9.17) is 11.3 Å². The van der Waals surface area contributed by atoms with Gasteiger partial charge in [0.2, 0.25) is 5.91 Å². The standard InChI is InChI=1S/C8H15N5O/c1-6(2)7(8(9)14)11-4-3-5-12-13-10/h7,11H,1,3-5H2,2H3,(H2,9,14).